The zero-order chi connectivity index (χ0) is 12.3. The molecule has 1 aromatic rings. The Labute approximate surface area is 99.0 Å². The summed E-state index contributed by atoms with van der Waals surface area (Å²) in [5, 5.41) is 0. The van der Waals surface area contributed by atoms with Crippen molar-refractivity contribution in [2.45, 2.75) is 0 Å². The second-order valence-corrected chi connectivity index (χ2v) is 3.45. The minimum atomic E-state index is -0.611. The molecule has 0 saturated heterocycles. The van der Waals surface area contributed by atoms with Gasteiger partial charge in [0.15, 0.2) is 0 Å². The van der Waals surface area contributed by atoms with Crippen LogP contribution in [0.15, 0.2) is 54.4 Å². The number of benzene rings is 1. The van der Waals surface area contributed by atoms with Crippen molar-refractivity contribution in [2.75, 3.05) is 0 Å². The largest absolute Gasteiger partial charge is 0.366 e. The highest BCUT2D eigenvalue weighted by Crippen LogP contribution is 2.14. The van der Waals surface area contributed by atoms with Gasteiger partial charge in [-0.05, 0) is 12.1 Å². The Hall–Kier alpha value is -2.36. The van der Waals surface area contributed by atoms with Crippen LogP contribution in [-0.2, 0) is 4.79 Å². The monoisotopic (exact) mass is 226 g/mol. The number of carbonyl (C=O) groups excluding carboxylic acids is 2. The number of carbonyl (C=O) groups is 2. The van der Waals surface area contributed by atoms with E-state index in [2.05, 4.69) is 6.42 Å². The summed E-state index contributed by atoms with van der Waals surface area (Å²) >= 11 is 0. The van der Waals surface area contributed by atoms with Crippen LogP contribution in [0.3, 0.4) is 0 Å². The van der Waals surface area contributed by atoms with Gasteiger partial charge in [-0.15, -0.1) is 0 Å². The summed E-state index contributed by atoms with van der Waals surface area (Å²) in [6.45, 7) is 0. The SMILES string of the molecule is NC(=O)C1=CN(C(=O)c2ccccc2)C=C[C]1. The van der Waals surface area contributed by atoms with Crippen LogP contribution in [0.2, 0.25) is 0 Å². The van der Waals surface area contributed by atoms with Gasteiger partial charge < -0.3 is 5.73 Å². The van der Waals surface area contributed by atoms with E-state index in [0.717, 1.165) is 0 Å². The molecule has 0 unspecified atom stereocenters. The molecule has 2 rings (SSSR count). The summed E-state index contributed by atoms with van der Waals surface area (Å²) in [4.78, 5) is 24.3. The van der Waals surface area contributed by atoms with Crippen LogP contribution in [-0.4, -0.2) is 16.7 Å². The molecular formula is C13H10N2O2. The zero-order valence-corrected chi connectivity index (χ0v) is 8.96. The molecule has 0 atom stereocenters. The first-order chi connectivity index (χ1) is 8.18. The van der Waals surface area contributed by atoms with E-state index < -0.39 is 5.91 Å². The lowest BCUT2D eigenvalue weighted by molar-refractivity contribution is -0.114. The maximum Gasteiger partial charge on any atom is 0.261 e. The van der Waals surface area contributed by atoms with Crippen molar-refractivity contribution < 1.29 is 9.59 Å². The highest BCUT2D eigenvalue weighted by atomic mass is 16.2. The van der Waals surface area contributed by atoms with Crippen LogP contribution in [0.25, 0.3) is 0 Å². The van der Waals surface area contributed by atoms with Crippen LogP contribution in [0, 0.1) is 6.42 Å². The molecule has 0 aliphatic carbocycles. The fourth-order valence-corrected chi connectivity index (χ4v) is 1.42. The van der Waals surface area contributed by atoms with Crippen molar-refractivity contribution in [1.82, 2.24) is 4.90 Å². The lowest BCUT2D eigenvalue weighted by atomic mass is 10.1. The van der Waals surface area contributed by atoms with Crippen LogP contribution in [0.1, 0.15) is 10.4 Å². The van der Waals surface area contributed by atoms with Gasteiger partial charge in [0.25, 0.3) is 5.91 Å². The third kappa shape index (κ3) is 2.42. The fourth-order valence-electron chi connectivity index (χ4n) is 1.42. The molecule has 4 heteroatoms. The summed E-state index contributed by atoms with van der Waals surface area (Å²) < 4.78 is 0. The Balaban J connectivity index is 2.24. The smallest absolute Gasteiger partial charge is 0.261 e. The van der Waals surface area contributed by atoms with Crippen molar-refractivity contribution in [3.8, 4) is 0 Å². The van der Waals surface area contributed by atoms with Gasteiger partial charge in [-0.1, -0.05) is 24.3 Å². The van der Waals surface area contributed by atoms with E-state index in [1.165, 1.54) is 23.4 Å². The Morgan fingerprint density at radius 3 is 2.53 bits per heavy atom. The van der Waals surface area contributed by atoms with Gasteiger partial charge >= 0.3 is 0 Å². The van der Waals surface area contributed by atoms with Crippen molar-refractivity contribution in [3.63, 3.8) is 0 Å². The van der Waals surface area contributed by atoms with Gasteiger partial charge in [-0.2, -0.15) is 0 Å². The molecule has 4 nitrogen and oxygen atoms in total. The Morgan fingerprint density at radius 1 is 1.18 bits per heavy atom. The molecule has 0 bridgehead atoms. The number of hydrogen-bond acceptors (Lipinski definition) is 2. The van der Waals surface area contributed by atoms with E-state index in [-0.39, 0.29) is 11.5 Å². The van der Waals surface area contributed by atoms with Crippen molar-refractivity contribution in [1.29, 1.82) is 0 Å². The summed E-state index contributed by atoms with van der Waals surface area (Å²) in [6, 6.07) is 8.79. The molecule has 2 radical (unpaired) electrons. The average Bonchev–Trinajstić information content (AvgIpc) is 2.39. The number of hydrogen-bond donors (Lipinski definition) is 1. The number of nitrogens with two attached hydrogens (primary N) is 1. The molecule has 84 valence electrons. The predicted octanol–water partition coefficient (Wildman–Crippen LogP) is 1.11. The van der Waals surface area contributed by atoms with Gasteiger partial charge in [0, 0.05) is 23.5 Å². The molecule has 0 spiro atoms. The van der Waals surface area contributed by atoms with E-state index in [0.29, 0.717) is 5.56 Å². The quantitative estimate of drug-likeness (QED) is 0.820. The summed E-state index contributed by atoms with van der Waals surface area (Å²) in [6.07, 6.45) is 7.06. The van der Waals surface area contributed by atoms with Gasteiger partial charge in [0.1, 0.15) is 0 Å². The maximum atomic E-state index is 12.0. The normalized spacial score (nSPS) is 14.4. The lowest BCUT2D eigenvalue weighted by Crippen LogP contribution is -2.25. The van der Waals surface area contributed by atoms with Crippen LogP contribution >= 0.6 is 0 Å². The highest BCUT2D eigenvalue weighted by Gasteiger charge is 2.16. The molecular weight excluding hydrogens is 216 g/mol. The Morgan fingerprint density at radius 2 is 1.88 bits per heavy atom. The van der Waals surface area contributed by atoms with Gasteiger partial charge in [0.05, 0.1) is 6.42 Å². The molecule has 2 amide bonds. The summed E-state index contributed by atoms with van der Waals surface area (Å²) in [5.74, 6) is -0.831. The topological polar surface area (TPSA) is 63.4 Å². The maximum absolute atomic E-state index is 12.0. The highest BCUT2D eigenvalue weighted by molar-refractivity contribution is 5.99. The predicted molar refractivity (Wildman–Crippen MR) is 62.3 cm³/mol. The molecule has 0 aromatic heterocycles. The van der Waals surface area contributed by atoms with E-state index in [4.69, 9.17) is 5.73 Å². The first kappa shape index (κ1) is 11.1. The molecule has 0 fully saturated rings. The molecule has 1 heterocycles. The van der Waals surface area contributed by atoms with E-state index >= 15 is 0 Å². The minimum absolute atomic E-state index is 0.178. The van der Waals surface area contributed by atoms with Crippen LogP contribution in [0.4, 0.5) is 0 Å². The van der Waals surface area contributed by atoms with Crippen molar-refractivity contribution in [2.24, 2.45) is 5.73 Å². The van der Waals surface area contributed by atoms with Crippen molar-refractivity contribution in [3.05, 3.63) is 66.4 Å². The molecule has 0 saturated carbocycles. The van der Waals surface area contributed by atoms with E-state index in [1.54, 1.807) is 24.3 Å². The second-order valence-electron chi connectivity index (χ2n) is 3.45. The lowest BCUT2D eigenvalue weighted by Gasteiger charge is -2.18. The third-order valence-corrected chi connectivity index (χ3v) is 2.26. The first-order valence-electron chi connectivity index (χ1n) is 5.01. The van der Waals surface area contributed by atoms with Gasteiger partial charge in [-0.25, -0.2) is 0 Å². The van der Waals surface area contributed by atoms with Gasteiger partial charge in [0.2, 0.25) is 5.91 Å². The number of rotatable bonds is 2. The fraction of sp³-hybridized carbons (Fsp3) is 0. The molecule has 2 N–H and O–H groups in total. The summed E-state index contributed by atoms with van der Waals surface area (Å²) in [5.41, 5.74) is 5.85. The average molecular weight is 226 g/mol. The van der Waals surface area contributed by atoms with Crippen molar-refractivity contribution >= 4 is 11.8 Å². The molecule has 1 aromatic carbocycles. The standard InChI is InChI=1S/C13H10N2O2/c14-12(16)11-7-4-8-15(9-11)13(17)10-5-2-1-3-6-10/h1-6,8-9H,(H2,14,16). The van der Waals surface area contributed by atoms with Crippen LogP contribution < -0.4 is 5.73 Å². The first-order valence-corrected chi connectivity index (χ1v) is 5.01. The Kier molecular flexibility index (Phi) is 3.05. The molecule has 1 aliphatic heterocycles. The zero-order valence-electron chi connectivity index (χ0n) is 8.96. The molecule has 17 heavy (non-hydrogen) atoms. The third-order valence-electron chi connectivity index (χ3n) is 2.26. The minimum Gasteiger partial charge on any atom is -0.366 e. The number of nitrogens with zero attached hydrogens (tertiary/aromatic N) is 1. The second kappa shape index (κ2) is 4.65. The molecule has 1 aliphatic rings. The number of primary amides is 1. The van der Waals surface area contributed by atoms with E-state index in [1.807, 2.05) is 6.07 Å². The number of amides is 2. The van der Waals surface area contributed by atoms with E-state index in [9.17, 15) is 9.59 Å². The van der Waals surface area contributed by atoms with Gasteiger partial charge in [-0.3, -0.25) is 14.5 Å². The van der Waals surface area contributed by atoms with Crippen LogP contribution in [0.5, 0.6) is 0 Å². The summed E-state index contributed by atoms with van der Waals surface area (Å²) in [7, 11) is 0. The Bertz CT molecular complexity index is 503. The number of allylic oxidation sites excluding steroid dienone is 1.